The summed E-state index contributed by atoms with van der Waals surface area (Å²) < 4.78 is 16.7. The molecule has 0 aromatic rings. The van der Waals surface area contributed by atoms with E-state index in [1.54, 1.807) is 6.92 Å². The molecule has 0 aliphatic carbocycles. The van der Waals surface area contributed by atoms with Gasteiger partial charge in [-0.1, -0.05) is 6.42 Å². The molecule has 0 radical (unpaired) electrons. The Hall–Kier alpha value is -0.970. The summed E-state index contributed by atoms with van der Waals surface area (Å²) in [4.78, 5) is 13.8. The van der Waals surface area contributed by atoms with E-state index in [2.05, 4.69) is 10.2 Å². The first-order valence-electron chi connectivity index (χ1n) is 13.7. The van der Waals surface area contributed by atoms with Gasteiger partial charge in [-0.2, -0.15) is 0 Å². The Morgan fingerprint density at radius 1 is 0.816 bits per heavy atom. The van der Waals surface area contributed by atoms with Crippen molar-refractivity contribution in [1.29, 1.82) is 0 Å². The topological polar surface area (TPSA) is 202 Å². The second-order valence-electron chi connectivity index (χ2n) is 10.2. The Labute approximate surface area is 224 Å². The van der Waals surface area contributed by atoms with E-state index in [1.807, 2.05) is 6.92 Å². The van der Waals surface area contributed by atoms with Crippen LogP contribution in [0.1, 0.15) is 52.4 Å². The molecule has 2 rings (SSSR count). The molecular weight excluding hydrogens is 504 g/mol. The number of carbonyl (C=O) groups is 1. The van der Waals surface area contributed by atoms with Gasteiger partial charge in [0.15, 0.2) is 6.29 Å². The van der Waals surface area contributed by atoms with Crippen LogP contribution in [-0.2, 0) is 19.0 Å². The molecular formula is C25H48N2O11. The van der Waals surface area contributed by atoms with Crippen LogP contribution in [-0.4, -0.2) is 147 Å². The number of aliphatic hydroxyl groups excluding tert-OH is 7. The molecule has 224 valence electrons. The third kappa shape index (κ3) is 9.89. The lowest BCUT2D eigenvalue weighted by atomic mass is 9.93. The Kier molecular flexibility index (Phi) is 14.9. The zero-order valence-corrected chi connectivity index (χ0v) is 22.5. The molecule has 2 saturated heterocycles. The predicted molar refractivity (Wildman–Crippen MR) is 135 cm³/mol. The third-order valence-electron chi connectivity index (χ3n) is 7.20. The van der Waals surface area contributed by atoms with Crippen molar-refractivity contribution in [2.24, 2.45) is 0 Å². The predicted octanol–water partition coefficient (Wildman–Crippen LogP) is -2.55. The first kappa shape index (κ1) is 33.2. The SMILES string of the molecule is CCNC(=O)CCCCCN(CCC[C@@H]1O[C@@H](C)[C@@H](O)[C@@H](O)[C@@H]1O)CCO[C@@H]1O[C@H](CO)[C@@H](O)[C@H](O)[C@H]1O. The summed E-state index contributed by atoms with van der Waals surface area (Å²) in [5, 5.41) is 72.4. The summed E-state index contributed by atoms with van der Waals surface area (Å²) in [5.74, 6) is 0.0323. The molecule has 2 heterocycles. The number of unbranched alkanes of at least 4 members (excludes halogenated alkanes) is 2. The molecule has 10 atom stereocenters. The Morgan fingerprint density at radius 3 is 2.16 bits per heavy atom. The van der Waals surface area contributed by atoms with Crippen molar-refractivity contribution in [3.8, 4) is 0 Å². The molecule has 0 aromatic carbocycles. The summed E-state index contributed by atoms with van der Waals surface area (Å²) in [6.07, 6.45) is -7.43. The lowest BCUT2D eigenvalue weighted by Crippen LogP contribution is -2.59. The van der Waals surface area contributed by atoms with E-state index in [0.717, 1.165) is 19.3 Å². The van der Waals surface area contributed by atoms with Crippen LogP contribution < -0.4 is 5.32 Å². The maximum Gasteiger partial charge on any atom is 0.219 e. The molecule has 38 heavy (non-hydrogen) atoms. The van der Waals surface area contributed by atoms with Crippen molar-refractivity contribution in [2.45, 2.75) is 114 Å². The van der Waals surface area contributed by atoms with Crippen LogP contribution in [0, 0.1) is 0 Å². The number of nitrogens with one attached hydrogen (secondary N) is 1. The number of carbonyl (C=O) groups excluding carboxylic acids is 1. The molecule has 0 unspecified atom stereocenters. The third-order valence-corrected chi connectivity index (χ3v) is 7.20. The molecule has 2 aliphatic heterocycles. The van der Waals surface area contributed by atoms with Gasteiger partial charge in [-0.25, -0.2) is 0 Å². The van der Waals surface area contributed by atoms with Gasteiger partial charge in [-0.05, 0) is 52.6 Å². The van der Waals surface area contributed by atoms with E-state index in [9.17, 15) is 40.5 Å². The van der Waals surface area contributed by atoms with E-state index in [4.69, 9.17) is 14.2 Å². The number of ether oxygens (including phenoxy) is 3. The highest BCUT2D eigenvalue weighted by Gasteiger charge is 2.44. The Balaban J connectivity index is 1.84. The summed E-state index contributed by atoms with van der Waals surface area (Å²) in [6.45, 7) is 5.53. The smallest absolute Gasteiger partial charge is 0.219 e. The van der Waals surface area contributed by atoms with Crippen molar-refractivity contribution >= 4 is 5.91 Å². The van der Waals surface area contributed by atoms with Crippen molar-refractivity contribution < 1.29 is 54.8 Å². The number of rotatable bonds is 16. The van der Waals surface area contributed by atoms with Gasteiger partial charge < -0.3 is 60.2 Å². The zero-order chi connectivity index (χ0) is 28.2. The van der Waals surface area contributed by atoms with Crippen molar-refractivity contribution in [1.82, 2.24) is 10.2 Å². The number of aliphatic hydroxyl groups is 7. The number of hydrogen-bond donors (Lipinski definition) is 8. The van der Waals surface area contributed by atoms with Crippen LogP contribution >= 0.6 is 0 Å². The minimum absolute atomic E-state index is 0.0323. The molecule has 1 amide bonds. The van der Waals surface area contributed by atoms with Gasteiger partial charge in [-0.15, -0.1) is 0 Å². The minimum Gasteiger partial charge on any atom is -0.394 e. The molecule has 8 N–H and O–H groups in total. The second kappa shape index (κ2) is 17.0. The number of nitrogens with zero attached hydrogens (tertiary/aromatic N) is 1. The fraction of sp³-hybridized carbons (Fsp3) is 0.960. The van der Waals surface area contributed by atoms with Gasteiger partial charge in [0.25, 0.3) is 0 Å². The molecule has 0 aromatic heterocycles. The quantitative estimate of drug-likeness (QED) is 0.0933. The number of amides is 1. The first-order valence-corrected chi connectivity index (χ1v) is 13.7. The van der Waals surface area contributed by atoms with Gasteiger partial charge in [0, 0.05) is 19.5 Å². The van der Waals surface area contributed by atoms with Gasteiger partial charge in [-0.3, -0.25) is 4.79 Å². The van der Waals surface area contributed by atoms with Crippen molar-refractivity contribution in [3.63, 3.8) is 0 Å². The molecule has 2 fully saturated rings. The highest BCUT2D eigenvalue weighted by Crippen LogP contribution is 2.24. The average Bonchev–Trinajstić information content (AvgIpc) is 2.89. The maximum absolute atomic E-state index is 11.6. The van der Waals surface area contributed by atoms with E-state index < -0.39 is 67.8 Å². The summed E-state index contributed by atoms with van der Waals surface area (Å²) in [7, 11) is 0. The maximum atomic E-state index is 11.6. The van der Waals surface area contributed by atoms with Crippen LogP contribution in [0.25, 0.3) is 0 Å². The zero-order valence-electron chi connectivity index (χ0n) is 22.5. The Bertz CT molecular complexity index is 673. The largest absolute Gasteiger partial charge is 0.394 e. The summed E-state index contributed by atoms with van der Waals surface area (Å²) >= 11 is 0. The highest BCUT2D eigenvalue weighted by molar-refractivity contribution is 5.75. The van der Waals surface area contributed by atoms with Gasteiger partial charge >= 0.3 is 0 Å². The average molecular weight is 553 g/mol. The summed E-state index contributed by atoms with van der Waals surface area (Å²) in [5.41, 5.74) is 0. The highest BCUT2D eigenvalue weighted by atomic mass is 16.7. The first-order chi connectivity index (χ1) is 18.1. The molecule has 2 aliphatic rings. The standard InChI is InChI=1S/C25H48N2O11/c1-3-26-18(29)9-5-4-6-10-27(11-7-8-16-20(31)22(33)19(30)15(2)37-16)12-13-36-25-24(35)23(34)21(32)17(14-28)38-25/h15-17,19-25,28,30-35H,3-14H2,1-2H3,(H,26,29)/t15-,16-,17+,19+,20+,21+,22+,23-,24+,25+/m0/s1. The van der Waals surface area contributed by atoms with Crippen LogP contribution in [0.4, 0.5) is 0 Å². The molecule has 13 nitrogen and oxygen atoms in total. The monoisotopic (exact) mass is 552 g/mol. The lowest BCUT2D eigenvalue weighted by molar-refractivity contribution is -0.301. The van der Waals surface area contributed by atoms with E-state index in [-0.39, 0.29) is 12.5 Å². The molecule has 0 saturated carbocycles. The lowest BCUT2D eigenvalue weighted by Gasteiger charge is -2.40. The van der Waals surface area contributed by atoms with Gasteiger partial charge in [0.2, 0.25) is 5.91 Å². The molecule has 13 heteroatoms. The fourth-order valence-corrected chi connectivity index (χ4v) is 4.81. The van der Waals surface area contributed by atoms with E-state index >= 15 is 0 Å². The Morgan fingerprint density at radius 2 is 1.47 bits per heavy atom. The normalized spacial score (nSPS) is 35.9. The van der Waals surface area contributed by atoms with E-state index in [1.165, 1.54) is 0 Å². The second-order valence-corrected chi connectivity index (χ2v) is 10.2. The fourth-order valence-electron chi connectivity index (χ4n) is 4.81. The van der Waals surface area contributed by atoms with Crippen LogP contribution in [0.15, 0.2) is 0 Å². The van der Waals surface area contributed by atoms with Crippen LogP contribution in [0.3, 0.4) is 0 Å². The van der Waals surface area contributed by atoms with Gasteiger partial charge in [0.1, 0.15) is 42.7 Å². The number of hydrogen-bond acceptors (Lipinski definition) is 12. The van der Waals surface area contributed by atoms with Gasteiger partial charge in [0.05, 0.1) is 25.4 Å². The minimum atomic E-state index is -1.51. The van der Waals surface area contributed by atoms with E-state index in [0.29, 0.717) is 45.4 Å². The molecule has 0 bridgehead atoms. The molecule has 0 spiro atoms. The van der Waals surface area contributed by atoms with Crippen molar-refractivity contribution in [2.75, 3.05) is 39.4 Å². The summed E-state index contributed by atoms with van der Waals surface area (Å²) in [6, 6.07) is 0. The van der Waals surface area contributed by atoms with Crippen molar-refractivity contribution in [3.05, 3.63) is 0 Å². The van der Waals surface area contributed by atoms with Crippen LogP contribution in [0.5, 0.6) is 0 Å². The van der Waals surface area contributed by atoms with Crippen LogP contribution in [0.2, 0.25) is 0 Å².